The molecule has 2 aromatic heterocycles. The molecular weight excluding hydrogens is 410 g/mol. The van der Waals surface area contributed by atoms with Crippen LogP contribution in [0.25, 0.3) is 11.1 Å². The minimum atomic E-state index is -0.485. The van der Waals surface area contributed by atoms with Crippen LogP contribution in [0.4, 0.5) is 5.82 Å². The minimum absolute atomic E-state index is 0.0888. The van der Waals surface area contributed by atoms with Crippen molar-refractivity contribution in [2.75, 3.05) is 31.5 Å². The number of carbonyl (C=O) groups excluding carboxylic acids is 3. The molecule has 3 aromatic rings. The second-order valence-corrected chi connectivity index (χ2v) is 8.00. The smallest absolute Gasteiger partial charge is 0.289 e. The average molecular weight is 433 g/mol. The molecule has 0 bridgehead atoms. The maximum Gasteiger partial charge on any atom is 0.289 e. The number of hydrogen-bond acceptors (Lipinski definition) is 5. The Morgan fingerprint density at radius 1 is 1.03 bits per heavy atom. The molecule has 0 spiro atoms. The number of fused-ring (bicyclic) bond motifs is 1. The van der Waals surface area contributed by atoms with E-state index in [1.165, 1.54) is 6.26 Å². The Labute approximate surface area is 184 Å². The van der Waals surface area contributed by atoms with Crippen LogP contribution in [0, 0.1) is 5.92 Å². The number of hydrogen-bond donors (Lipinski definition) is 1. The Kier molecular flexibility index (Phi) is 5.22. The van der Waals surface area contributed by atoms with Gasteiger partial charge in [0.1, 0.15) is 5.82 Å². The van der Waals surface area contributed by atoms with Gasteiger partial charge in [0.15, 0.2) is 5.76 Å². The molecule has 0 unspecified atom stereocenters. The molecule has 1 N–H and O–H groups in total. The highest BCUT2D eigenvalue weighted by atomic mass is 16.3. The molecule has 5 rings (SSSR count). The summed E-state index contributed by atoms with van der Waals surface area (Å²) in [6, 6.07) is 13.1. The van der Waals surface area contributed by atoms with Crippen LogP contribution < -0.4 is 5.32 Å². The summed E-state index contributed by atoms with van der Waals surface area (Å²) in [5, 5.41) is 7.35. The summed E-state index contributed by atoms with van der Waals surface area (Å²) < 4.78 is 6.92. The van der Waals surface area contributed by atoms with Crippen molar-refractivity contribution >= 4 is 23.5 Å². The van der Waals surface area contributed by atoms with E-state index in [9.17, 15) is 14.4 Å². The first kappa shape index (κ1) is 20.0. The molecule has 0 aliphatic carbocycles. The number of nitrogens with one attached hydrogen (secondary N) is 1. The van der Waals surface area contributed by atoms with Gasteiger partial charge in [-0.15, -0.1) is 0 Å². The highest BCUT2D eigenvalue weighted by Crippen LogP contribution is 2.32. The first-order chi connectivity index (χ1) is 15.6. The molecule has 0 saturated carbocycles. The largest absolute Gasteiger partial charge is 0.459 e. The van der Waals surface area contributed by atoms with Crippen molar-refractivity contribution in [2.24, 2.45) is 5.92 Å². The number of rotatable bonds is 4. The van der Waals surface area contributed by atoms with E-state index in [-0.39, 0.29) is 24.1 Å². The zero-order valence-corrected chi connectivity index (χ0v) is 17.4. The Morgan fingerprint density at radius 2 is 1.78 bits per heavy atom. The second kappa shape index (κ2) is 8.33. The van der Waals surface area contributed by atoms with E-state index < -0.39 is 5.92 Å². The first-order valence-electron chi connectivity index (χ1n) is 10.6. The van der Waals surface area contributed by atoms with Gasteiger partial charge in [-0.25, -0.2) is 4.68 Å². The van der Waals surface area contributed by atoms with Crippen LogP contribution >= 0.6 is 0 Å². The average Bonchev–Trinajstić information content (AvgIpc) is 3.50. The highest BCUT2D eigenvalue weighted by molar-refractivity contribution is 5.99. The topological polar surface area (TPSA) is 101 Å². The number of anilines is 1. The Morgan fingerprint density at radius 3 is 2.50 bits per heavy atom. The van der Waals surface area contributed by atoms with Crippen LogP contribution in [0.5, 0.6) is 0 Å². The molecule has 1 atom stereocenters. The van der Waals surface area contributed by atoms with E-state index in [0.29, 0.717) is 44.3 Å². The van der Waals surface area contributed by atoms with Crippen LogP contribution in [0.15, 0.2) is 59.3 Å². The minimum Gasteiger partial charge on any atom is -0.459 e. The van der Waals surface area contributed by atoms with Gasteiger partial charge in [-0.2, -0.15) is 5.10 Å². The van der Waals surface area contributed by atoms with Gasteiger partial charge in [0.2, 0.25) is 11.8 Å². The number of carbonyl (C=O) groups is 3. The summed E-state index contributed by atoms with van der Waals surface area (Å²) in [7, 11) is 0. The summed E-state index contributed by atoms with van der Waals surface area (Å²) >= 11 is 0. The fourth-order valence-corrected chi connectivity index (χ4v) is 4.21. The molecule has 32 heavy (non-hydrogen) atoms. The lowest BCUT2D eigenvalue weighted by atomic mass is 10.0. The third kappa shape index (κ3) is 3.77. The summed E-state index contributed by atoms with van der Waals surface area (Å²) in [4.78, 5) is 41.4. The Balaban J connectivity index is 1.20. The van der Waals surface area contributed by atoms with Crippen LogP contribution in [-0.4, -0.2) is 63.5 Å². The van der Waals surface area contributed by atoms with Gasteiger partial charge in [0, 0.05) is 38.2 Å². The number of nitrogens with zero attached hydrogens (tertiary/aromatic N) is 4. The lowest BCUT2D eigenvalue weighted by molar-refractivity contribution is -0.136. The van der Waals surface area contributed by atoms with E-state index in [0.717, 1.165) is 11.1 Å². The van der Waals surface area contributed by atoms with Crippen LogP contribution in [-0.2, 0) is 16.1 Å². The van der Waals surface area contributed by atoms with Gasteiger partial charge >= 0.3 is 0 Å². The van der Waals surface area contributed by atoms with Crippen LogP contribution in [0.3, 0.4) is 0 Å². The number of piperazine rings is 1. The molecule has 1 saturated heterocycles. The summed E-state index contributed by atoms with van der Waals surface area (Å²) in [5.74, 6) is 0.0447. The highest BCUT2D eigenvalue weighted by Gasteiger charge is 2.33. The molecular formula is C23H23N5O4. The Hall–Kier alpha value is -3.88. The van der Waals surface area contributed by atoms with E-state index in [1.54, 1.807) is 32.8 Å². The monoisotopic (exact) mass is 433 g/mol. The molecule has 3 amide bonds. The SMILES string of the molecule is O=C1Nc2c(-c3ccccc3)cnn2C[C@@H]1CC(=O)N1CCN(C(=O)c2ccco2)CC1. The zero-order chi connectivity index (χ0) is 22.1. The van der Waals surface area contributed by atoms with Gasteiger partial charge in [0.05, 0.1) is 24.9 Å². The lowest BCUT2D eigenvalue weighted by Gasteiger charge is -2.35. The van der Waals surface area contributed by atoms with Crippen molar-refractivity contribution in [3.8, 4) is 11.1 Å². The molecule has 1 aromatic carbocycles. The van der Waals surface area contributed by atoms with Crippen molar-refractivity contribution in [3.05, 3.63) is 60.7 Å². The van der Waals surface area contributed by atoms with Crippen molar-refractivity contribution in [2.45, 2.75) is 13.0 Å². The maximum atomic E-state index is 12.9. The van der Waals surface area contributed by atoms with Crippen molar-refractivity contribution < 1.29 is 18.8 Å². The van der Waals surface area contributed by atoms with Crippen LogP contribution in [0.1, 0.15) is 17.0 Å². The summed E-state index contributed by atoms with van der Waals surface area (Å²) in [6.45, 7) is 2.10. The number of aromatic nitrogens is 2. The molecule has 164 valence electrons. The van der Waals surface area contributed by atoms with E-state index in [1.807, 2.05) is 30.3 Å². The van der Waals surface area contributed by atoms with Gasteiger partial charge < -0.3 is 19.5 Å². The zero-order valence-electron chi connectivity index (χ0n) is 17.4. The van der Waals surface area contributed by atoms with Crippen molar-refractivity contribution in [1.29, 1.82) is 0 Å². The van der Waals surface area contributed by atoms with Crippen molar-refractivity contribution in [1.82, 2.24) is 19.6 Å². The number of furan rings is 1. The van der Waals surface area contributed by atoms with Gasteiger partial charge in [0.25, 0.3) is 5.91 Å². The van der Waals surface area contributed by atoms with Gasteiger partial charge in [-0.1, -0.05) is 30.3 Å². The van der Waals surface area contributed by atoms with Gasteiger partial charge in [-0.3, -0.25) is 14.4 Å². The molecule has 2 aliphatic rings. The van der Waals surface area contributed by atoms with Gasteiger partial charge in [-0.05, 0) is 17.7 Å². The normalized spacial score (nSPS) is 18.2. The summed E-state index contributed by atoms with van der Waals surface area (Å²) in [5.41, 5.74) is 1.84. The number of amides is 3. The fourth-order valence-electron chi connectivity index (χ4n) is 4.21. The quantitative estimate of drug-likeness (QED) is 0.679. The Bertz CT molecular complexity index is 1130. The van der Waals surface area contributed by atoms with E-state index in [4.69, 9.17) is 4.42 Å². The lowest BCUT2D eigenvalue weighted by Crippen LogP contribution is -2.51. The predicted octanol–water partition coefficient (Wildman–Crippen LogP) is 2.09. The maximum absolute atomic E-state index is 12.9. The van der Waals surface area contributed by atoms with E-state index in [2.05, 4.69) is 10.4 Å². The molecule has 2 aliphatic heterocycles. The number of benzene rings is 1. The second-order valence-electron chi connectivity index (χ2n) is 8.00. The summed E-state index contributed by atoms with van der Waals surface area (Å²) in [6.07, 6.45) is 3.32. The van der Waals surface area contributed by atoms with E-state index >= 15 is 0 Å². The molecule has 0 radical (unpaired) electrons. The molecule has 9 heteroatoms. The van der Waals surface area contributed by atoms with Crippen molar-refractivity contribution in [3.63, 3.8) is 0 Å². The molecule has 9 nitrogen and oxygen atoms in total. The standard InChI is InChI=1S/C23H23N5O4/c29-20(26-8-10-27(11-9-26)23(31)19-7-4-12-32-19)13-17-15-28-21(25-22(17)30)18(14-24-28)16-5-2-1-3-6-16/h1-7,12,14,17H,8-11,13,15H2,(H,25,30)/t17-/m0/s1. The molecule has 1 fully saturated rings. The predicted molar refractivity (Wildman–Crippen MR) is 116 cm³/mol. The molecule has 4 heterocycles. The third-order valence-electron chi connectivity index (χ3n) is 6.00. The fraction of sp³-hybridized carbons (Fsp3) is 0.304. The van der Waals surface area contributed by atoms with Crippen LogP contribution in [0.2, 0.25) is 0 Å². The first-order valence-corrected chi connectivity index (χ1v) is 10.6. The third-order valence-corrected chi connectivity index (χ3v) is 6.00.